The van der Waals surface area contributed by atoms with Crippen LogP contribution in [0.15, 0.2) is 47.8 Å². The van der Waals surface area contributed by atoms with Crippen molar-refractivity contribution < 1.29 is 19.1 Å². The van der Waals surface area contributed by atoms with Gasteiger partial charge in [0.15, 0.2) is 5.13 Å². The highest BCUT2D eigenvalue weighted by molar-refractivity contribution is 7.14. The van der Waals surface area contributed by atoms with E-state index in [0.29, 0.717) is 22.9 Å². The Hall–Kier alpha value is -3.56. The van der Waals surface area contributed by atoms with Crippen LogP contribution in [0.4, 0.5) is 10.8 Å². The van der Waals surface area contributed by atoms with Crippen LogP contribution in [-0.4, -0.2) is 41.3 Å². The summed E-state index contributed by atoms with van der Waals surface area (Å²) in [5.41, 5.74) is 4.46. The number of carbonyl (C=O) groups is 3. The van der Waals surface area contributed by atoms with Gasteiger partial charge in [0, 0.05) is 43.4 Å². The molecule has 5 rings (SSSR count). The zero-order valence-corrected chi connectivity index (χ0v) is 19.6. The van der Waals surface area contributed by atoms with Crippen molar-refractivity contribution in [3.8, 4) is 5.75 Å². The summed E-state index contributed by atoms with van der Waals surface area (Å²) < 4.78 is 5.32. The number of rotatable bonds is 6. The number of fused-ring (bicyclic) bond motifs is 1. The molecule has 0 saturated carbocycles. The lowest BCUT2D eigenvalue weighted by Crippen LogP contribution is -2.30. The van der Waals surface area contributed by atoms with Gasteiger partial charge in [0.1, 0.15) is 5.75 Å². The number of nitrogens with one attached hydrogen (secondary N) is 1. The Morgan fingerprint density at radius 2 is 1.82 bits per heavy atom. The molecule has 0 bridgehead atoms. The first-order chi connectivity index (χ1) is 16.5. The van der Waals surface area contributed by atoms with Gasteiger partial charge in [0.05, 0.1) is 18.5 Å². The molecule has 3 amide bonds. The predicted octanol–water partition coefficient (Wildman–Crippen LogP) is 3.62. The molecule has 34 heavy (non-hydrogen) atoms. The molecule has 1 fully saturated rings. The lowest BCUT2D eigenvalue weighted by atomic mass is 9.99. The Bertz CT molecular complexity index is 1240. The summed E-state index contributed by atoms with van der Waals surface area (Å²) in [6.07, 6.45) is 1.42. The average Bonchev–Trinajstić information content (AvgIpc) is 3.43. The van der Waals surface area contributed by atoms with Gasteiger partial charge in [-0.05, 0) is 53.9 Å². The largest absolute Gasteiger partial charge is 0.497 e. The van der Waals surface area contributed by atoms with Gasteiger partial charge in [-0.2, -0.15) is 0 Å². The highest BCUT2D eigenvalue weighted by atomic mass is 32.1. The van der Waals surface area contributed by atoms with E-state index in [0.717, 1.165) is 31.0 Å². The first-order valence-corrected chi connectivity index (χ1v) is 12.0. The maximum absolute atomic E-state index is 12.7. The molecule has 0 radical (unpaired) electrons. The van der Waals surface area contributed by atoms with Crippen LogP contribution in [0, 0.1) is 0 Å². The van der Waals surface area contributed by atoms with E-state index in [1.807, 2.05) is 11.4 Å². The second-order valence-corrected chi connectivity index (χ2v) is 9.22. The van der Waals surface area contributed by atoms with Gasteiger partial charge in [-0.3, -0.25) is 29.5 Å². The van der Waals surface area contributed by atoms with Crippen molar-refractivity contribution >= 4 is 39.9 Å². The fourth-order valence-corrected chi connectivity index (χ4v) is 5.01. The van der Waals surface area contributed by atoms with E-state index in [9.17, 15) is 14.4 Å². The summed E-state index contributed by atoms with van der Waals surface area (Å²) >= 11 is 1.39. The molecular weight excluding hydrogens is 452 g/mol. The minimum Gasteiger partial charge on any atom is -0.497 e. The normalized spacial score (nSPS) is 16.0. The zero-order valence-electron chi connectivity index (χ0n) is 18.7. The van der Waals surface area contributed by atoms with Crippen LogP contribution >= 0.6 is 11.3 Å². The number of carbonyl (C=O) groups excluding carboxylic acids is 3. The molecule has 3 heterocycles. The lowest BCUT2D eigenvalue weighted by molar-refractivity contribution is -0.121. The molecule has 0 unspecified atom stereocenters. The van der Waals surface area contributed by atoms with Crippen LogP contribution < -0.4 is 15.0 Å². The number of hydrogen-bond acceptors (Lipinski definition) is 7. The van der Waals surface area contributed by atoms with Gasteiger partial charge in [-0.25, -0.2) is 4.98 Å². The third-order valence-electron chi connectivity index (χ3n) is 6.10. The first-order valence-electron chi connectivity index (χ1n) is 11.1. The van der Waals surface area contributed by atoms with Crippen LogP contribution in [0.5, 0.6) is 5.75 Å². The first kappa shape index (κ1) is 22.2. The summed E-state index contributed by atoms with van der Waals surface area (Å²) in [5, 5.41) is 5.34. The molecule has 3 aromatic rings. The van der Waals surface area contributed by atoms with Gasteiger partial charge < -0.3 is 4.74 Å². The van der Waals surface area contributed by atoms with Crippen molar-refractivity contribution in [3.63, 3.8) is 0 Å². The Kier molecular flexibility index (Phi) is 6.12. The number of benzene rings is 2. The van der Waals surface area contributed by atoms with E-state index < -0.39 is 0 Å². The van der Waals surface area contributed by atoms with Crippen LogP contribution in [0.25, 0.3) is 0 Å². The number of hydrogen-bond donors (Lipinski definition) is 1. The molecule has 1 saturated heterocycles. The van der Waals surface area contributed by atoms with E-state index in [-0.39, 0.29) is 30.6 Å². The van der Waals surface area contributed by atoms with Gasteiger partial charge in [-0.15, -0.1) is 11.3 Å². The maximum Gasteiger partial charge on any atom is 0.257 e. The van der Waals surface area contributed by atoms with E-state index >= 15 is 0 Å². The molecule has 1 N–H and O–H groups in total. The van der Waals surface area contributed by atoms with Crippen molar-refractivity contribution in [2.45, 2.75) is 32.4 Å². The summed E-state index contributed by atoms with van der Waals surface area (Å²) in [6.45, 7) is 2.51. The average molecular weight is 477 g/mol. The molecule has 1 aromatic heterocycles. The van der Waals surface area contributed by atoms with Crippen molar-refractivity contribution in [1.29, 1.82) is 0 Å². The third kappa shape index (κ3) is 4.57. The second kappa shape index (κ2) is 9.36. The number of anilines is 2. The smallest absolute Gasteiger partial charge is 0.257 e. The van der Waals surface area contributed by atoms with Crippen LogP contribution in [0.3, 0.4) is 0 Å². The van der Waals surface area contributed by atoms with E-state index in [2.05, 4.69) is 27.3 Å². The molecule has 9 heteroatoms. The third-order valence-corrected chi connectivity index (χ3v) is 6.91. The molecule has 2 aliphatic heterocycles. The van der Waals surface area contributed by atoms with Crippen LogP contribution in [0.2, 0.25) is 0 Å². The highest BCUT2D eigenvalue weighted by Crippen LogP contribution is 2.26. The molecule has 2 aliphatic rings. The quantitative estimate of drug-likeness (QED) is 0.547. The molecule has 174 valence electrons. The number of imide groups is 1. The predicted molar refractivity (Wildman–Crippen MR) is 129 cm³/mol. The van der Waals surface area contributed by atoms with Gasteiger partial charge in [-0.1, -0.05) is 6.07 Å². The molecule has 0 aliphatic carbocycles. The standard InChI is InChI=1S/C25H24N4O4S/c1-33-21-7-4-18-13-28(11-10-17(18)12-21)14-19-15-34-25(26-19)27-24(32)16-2-5-20(6-3-16)29-22(30)8-9-23(29)31/h2-7,12,15H,8-11,13-14H2,1H3,(H,26,27,32). The summed E-state index contributed by atoms with van der Waals surface area (Å²) in [4.78, 5) is 44.5. The number of nitrogens with zero attached hydrogens (tertiary/aromatic N) is 3. The minimum absolute atomic E-state index is 0.213. The Morgan fingerprint density at radius 3 is 2.56 bits per heavy atom. The summed E-state index contributed by atoms with van der Waals surface area (Å²) in [5.74, 6) is 0.177. The summed E-state index contributed by atoms with van der Waals surface area (Å²) in [6, 6.07) is 12.7. The van der Waals surface area contributed by atoms with E-state index in [1.165, 1.54) is 27.4 Å². The molecular formula is C25H24N4O4S. The highest BCUT2D eigenvalue weighted by Gasteiger charge is 2.30. The van der Waals surface area contributed by atoms with E-state index in [4.69, 9.17) is 4.74 Å². The van der Waals surface area contributed by atoms with E-state index in [1.54, 1.807) is 31.4 Å². The van der Waals surface area contributed by atoms with Crippen LogP contribution in [-0.2, 0) is 29.1 Å². The fraction of sp³-hybridized carbons (Fsp3) is 0.280. The molecule has 2 aromatic carbocycles. The number of aromatic nitrogens is 1. The van der Waals surface area contributed by atoms with Gasteiger partial charge in [0.2, 0.25) is 11.8 Å². The second-order valence-electron chi connectivity index (χ2n) is 8.36. The number of methoxy groups -OCH3 is 1. The molecule has 8 nitrogen and oxygen atoms in total. The Morgan fingerprint density at radius 1 is 1.06 bits per heavy atom. The lowest BCUT2D eigenvalue weighted by Gasteiger charge is -2.28. The van der Waals surface area contributed by atoms with Crippen molar-refractivity contribution in [1.82, 2.24) is 9.88 Å². The SMILES string of the molecule is COc1ccc2c(c1)CCN(Cc1csc(NC(=O)c3ccc(N4C(=O)CCC4=O)cc3)n1)C2. The maximum atomic E-state index is 12.7. The van der Waals surface area contributed by atoms with Crippen molar-refractivity contribution in [2.75, 3.05) is 23.9 Å². The number of amides is 3. The monoisotopic (exact) mass is 476 g/mol. The minimum atomic E-state index is -0.285. The van der Waals surface area contributed by atoms with Gasteiger partial charge >= 0.3 is 0 Å². The Balaban J connectivity index is 1.19. The Labute approximate surface area is 201 Å². The fourth-order valence-electron chi connectivity index (χ4n) is 4.31. The summed E-state index contributed by atoms with van der Waals surface area (Å²) in [7, 11) is 1.68. The van der Waals surface area contributed by atoms with Crippen molar-refractivity contribution in [3.05, 3.63) is 70.2 Å². The van der Waals surface area contributed by atoms with Gasteiger partial charge in [0.25, 0.3) is 5.91 Å². The van der Waals surface area contributed by atoms with Crippen LogP contribution in [0.1, 0.15) is 40.0 Å². The number of ether oxygens (including phenoxy) is 1. The topological polar surface area (TPSA) is 91.8 Å². The molecule has 0 spiro atoms. The molecule has 0 atom stereocenters. The number of thiazole rings is 1. The van der Waals surface area contributed by atoms with Crippen molar-refractivity contribution in [2.24, 2.45) is 0 Å². The zero-order chi connectivity index (χ0) is 23.7.